The van der Waals surface area contributed by atoms with Crippen molar-refractivity contribution in [3.63, 3.8) is 0 Å². The molecule has 0 saturated carbocycles. The first kappa shape index (κ1) is 10.3. The summed E-state index contributed by atoms with van der Waals surface area (Å²) < 4.78 is 28.1. The topological polar surface area (TPSA) is 75.2 Å². The second-order valence-corrected chi connectivity index (χ2v) is 2.95. The van der Waals surface area contributed by atoms with Crippen LogP contribution in [0.5, 0.6) is 5.75 Å². The molecule has 1 heterocycles. The molecule has 0 saturated heterocycles. The van der Waals surface area contributed by atoms with Gasteiger partial charge < -0.3 is 14.8 Å². The molecule has 0 unspecified atom stereocenters. The zero-order valence-corrected chi connectivity index (χ0v) is 7.78. The third kappa shape index (κ3) is 1.79. The van der Waals surface area contributed by atoms with Crippen molar-refractivity contribution in [2.24, 2.45) is 0 Å². The Morgan fingerprint density at radius 3 is 2.88 bits per heavy atom. The number of hydrogen-bond acceptors (Lipinski definition) is 3. The van der Waals surface area contributed by atoms with Gasteiger partial charge in [-0.2, -0.15) is 8.78 Å². The summed E-state index contributed by atoms with van der Waals surface area (Å²) in [7, 11) is 0. The molecule has 2 N–H and O–H groups in total. The molecule has 0 spiro atoms. The minimum Gasteiger partial charge on any atom is -0.478 e. The average Bonchev–Trinajstić information content (AvgIpc) is 2.62. The number of rotatable bonds is 3. The van der Waals surface area contributed by atoms with E-state index < -0.39 is 12.6 Å². The predicted molar refractivity (Wildman–Crippen MR) is 49.7 cm³/mol. The molecule has 0 fully saturated rings. The van der Waals surface area contributed by atoms with Gasteiger partial charge >= 0.3 is 12.6 Å². The predicted octanol–water partition coefficient (Wildman–Crippen LogP) is 1.86. The summed E-state index contributed by atoms with van der Waals surface area (Å²) in [5, 5.41) is 8.86. The van der Waals surface area contributed by atoms with Crippen LogP contribution in [0.15, 0.2) is 18.5 Å². The number of fused-ring (bicyclic) bond motifs is 1. The summed E-state index contributed by atoms with van der Waals surface area (Å²) in [5.41, 5.74) is 0.346. The highest BCUT2D eigenvalue weighted by molar-refractivity contribution is 6.01. The second kappa shape index (κ2) is 3.76. The van der Waals surface area contributed by atoms with E-state index >= 15 is 0 Å². The number of nitrogens with one attached hydrogen (secondary N) is 1. The van der Waals surface area contributed by atoms with E-state index in [1.807, 2.05) is 0 Å². The van der Waals surface area contributed by atoms with Gasteiger partial charge in [-0.05, 0) is 6.07 Å². The van der Waals surface area contributed by atoms with Crippen LogP contribution in [-0.2, 0) is 0 Å². The number of carboxylic acids is 1. The van der Waals surface area contributed by atoms with Crippen LogP contribution in [-0.4, -0.2) is 27.7 Å². The van der Waals surface area contributed by atoms with Crippen LogP contribution in [0.1, 0.15) is 10.4 Å². The standard InChI is InChI=1S/C9H6F2N2O3/c10-9(11)16-4-1-5(8(14)15)7-6(2-4)12-3-13-7/h1-3,9H,(H,12,13)(H,14,15). The maximum atomic E-state index is 12.0. The molecule has 1 aromatic heterocycles. The van der Waals surface area contributed by atoms with E-state index in [9.17, 15) is 13.6 Å². The van der Waals surface area contributed by atoms with Crippen molar-refractivity contribution in [1.29, 1.82) is 0 Å². The van der Waals surface area contributed by atoms with E-state index in [4.69, 9.17) is 5.11 Å². The fraction of sp³-hybridized carbons (Fsp3) is 0.111. The Morgan fingerprint density at radius 2 is 2.25 bits per heavy atom. The minimum atomic E-state index is -3.00. The molecule has 7 heteroatoms. The number of alkyl halides is 2. The molecule has 1 aromatic carbocycles. The maximum Gasteiger partial charge on any atom is 0.387 e. The van der Waals surface area contributed by atoms with Gasteiger partial charge in [0.25, 0.3) is 0 Å². The maximum absolute atomic E-state index is 12.0. The fourth-order valence-electron chi connectivity index (χ4n) is 1.36. The van der Waals surface area contributed by atoms with Gasteiger partial charge in [0.2, 0.25) is 0 Å². The number of nitrogens with zero attached hydrogens (tertiary/aromatic N) is 1. The molecule has 0 radical (unpaired) electrons. The molecule has 0 atom stereocenters. The summed E-state index contributed by atoms with van der Waals surface area (Å²) in [6.45, 7) is -3.00. The van der Waals surface area contributed by atoms with Crippen molar-refractivity contribution < 1.29 is 23.4 Å². The Hall–Kier alpha value is -2.18. The zero-order valence-electron chi connectivity index (χ0n) is 7.78. The molecule has 2 rings (SSSR count). The molecule has 0 aliphatic heterocycles. The van der Waals surface area contributed by atoms with Gasteiger partial charge in [0.15, 0.2) is 0 Å². The number of H-pyrrole nitrogens is 1. The number of benzene rings is 1. The van der Waals surface area contributed by atoms with Crippen molar-refractivity contribution >= 4 is 17.0 Å². The van der Waals surface area contributed by atoms with Crippen molar-refractivity contribution in [2.45, 2.75) is 6.61 Å². The van der Waals surface area contributed by atoms with Crippen LogP contribution in [0.25, 0.3) is 11.0 Å². The highest BCUT2D eigenvalue weighted by atomic mass is 19.3. The highest BCUT2D eigenvalue weighted by Crippen LogP contribution is 2.24. The first-order chi connectivity index (χ1) is 7.58. The lowest BCUT2D eigenvalue weighted by Gasteiger charge is -2.05. The molecule has 5 nitrogen and oxygen atoms in total. The molecule has 0 amide bonds. The minimum absolute atomic E-state index is 0.186. The van der Waals surface area contributed by atoms with Crippen molar-refractivity contribution in [2.75, 3.05) is 0 Å². The lowest BCUT2D eigenvalue weighted by atomic mass is 10.2. The third-order valence-electron chi connectivity index (χ3n) is 1.95. The van der Waals surface area contributed by atoms with Crippen molar-refractivity contribution in [3.05, 3.63) is 24.0 Å². The van der Waals surface area contributed by atoms with Gasteiger partial charge in [0, 0.05) is 6.07 Å². The number of carbonyl (C=O) groups is 1. The number of aromatic nitrogens is 2. The monoisotopic (exact) mass is 228 g/mol. The zero-order chi connectivity index (χ0) is 11.7. The first-order valence-electron chi connectivity index (χ1n) is 4.23. The smallest absolute Gasteiger partial charge is 0.387 e. The number of ether oxygens (including phenoxy) is 1. The third-order valence-corrected chi connectivity index (χ3v) is 1.95. The van der Waals surface area contributed by atoms with E-state index in [1.165, 1.54) is 12.4 Å². The van der Waals surface area contributed by atoms with Gasteiger partial charge in [-0.25, -0.2) is 9.78 Å². The SMILES string of the molecule is O=C(O)c1cc(OC(F)F)cc2[nH]cnc12. The molecule has 16 heavy (non-hydrogen) atoms. The van der Waals surface area contributed by atoms with Crippen LogP contribution in [0.2, 0.25) is 0 Å². The molecule has 0 aliphatic carbocycles. The fourth-order valence-corrected chi connectivity index (χ4v) is 1.36. The molecular formula is C9H6F2N2O3. The number of carboxylic acid groups (broad SMARTS) is 1. The van der Waals surface area contributed by atoms with Crippen LogP contribution in [0.4, 0.5) is 8.78 Å². The Bertz CT molecular complexity index is 539. The van der Waals surface area contributed by atoms with Gasteiger partial charge in [0.1, 0.15) is 11.3 Å². The van der Waals surface area contributed by atoms with Crippen LogP contribution in [0.3, 0.4) is 0 Å². The van der Waals surface area contributed by atoms with Gasteiger partial charge in [-0.3, -0.25) is 0 Å². The highest BCUT2D eigenvalue weighted by Gasteiger charge is 2.15. The Balaban J connectivity index is 2.57. The summed E-state index contributed by atoms with van der Waals surface area (Å²) in [4.78, 5) is 17.3. The van der Waals surface area contributed by atoms with Gasteiger partial charge in [-0.1, -0.05) is 0 Å². The lowest BCUT2D eigenvalue weighted by Crippen LogP contribution is -2.04. The average molecular weight is 228 g/mol. The molecular weight excluding hydrogens is 222 g/mol. The number of imidazole rings is 1. The summed E-state index contributed by atoms with van der Waals surface area (Å²) in [6, 6.07) is 2.28. The first-order valence-corrected chi connectivity index (χ1v) is 4.23. The number of aromatic carboxylic acids is 1. The van der Waals surface area contributed by atoms with E-state index in [1.54, 1.807) is 0 Å². The number of hydrogen-bond donors (Lipinski definition) is 2. The molecule has 0 aliphatic rings. The van der Waals surface area contributed by atoms with Crippen molar-refractivity contribution in [3.8, 4) is 5.75 Å². The van der Waals surface area contributed by atoms with E-state index in [0.717, 1.165) is 6.07 Å². The van der Waals surface area contributed by atoms with Crippen LogP contribution in [0, 0.1) is 0 Å². The largest absolute Gasteiger partial charge is 0.478 e. The Morgan fingerprint density at radius 1 is 1.50 bits per heavy atom. The quantitative estimate of drug-likeness (QED) is 0.840. The molecule has 2 aromatic rings. The van der Waals surface area contributed by atoms with Crippen LogP contribution >= 0.6 is 0 Å². The van der Waals surface area contributed by atoms with Crippen LogP contribution < -0.4 is 4.74 Å². The summed E-state index contributed by atoms with van der Waals surface area (Å²) >= 11 is 0. The molecule has 84 valence electrons. The summed E-state index contributed by atoms with van der Waals surface area (Å²) in [6.07, 6.45) is 1.28. The van der Waals surface area contributed by atoms with Gasteiger partial charge in [0.05, 0.1) is 17.4 Å². The van der Waals surface area contributed by atoms with Crippen molar-refractivity contribution in [1.82, 2.24) is 9.97 Å². The van der Waals surface area contributed by atoms with Gasteiger partial charge in [-0.15, -0.1) is 0 Å². The Labute approximate surface area is 87.7 Å². The molecule has 0 bridgehead atoms. The van der Waals surface area contributed by atoms with E-state index in [2.05, 4.69) is 14.7 Å². The summed E-state index contributed by atoms with van der Waals surface area (Å²) in [5.74, 6) is -1.47. The Kier molecular flexibility index (Phi) is 2.43. The lowest BCUT2D eigenvalue weighted by molar-refractivity contribution is -0.0498. The normalized spacial score (nSPS) is 10.9. The number of aromatic amines is 1. The van der Waals surface area contributed by atoms with E-state index in [0.29, 0.717) is 5.52 Å². The van der Waals surface area contributed by atoms with E-state index in [-0.39, 0.29) is 16.8 Å². The second-order valence-electron chi connectivity index (χ2n) is 2.95. The number of halogens is 2.